The number of carbonyl (C=O) groups excluding carboxylic acids is 2. The Balaban J connectivity index is 1.16. The molecule has 2 spiro atoms. The van der Waals surface area contributed by atoms with Gasteiger partial charge in [0.2, 0.25) is 0 Å². The molecule has 2 saturated carbocycles. The molecule has 5 unspecified atom stereocenters. The summed E-state index contributed by atoms with van der Waals surface area (Å²) in [6.07, 6.45) is 6.20. The van der Waals surface area contributed by atoms with E-state index >= 15 is 0 Å². The fourth-order valence-electron chi connectivity index (χ4n) is 6.55. The molecular formula is C29H40N2O7. The Hall–Kier alpha value is -2.04. The largest absolute Gasteiger partial charge is 0.341 e. The van der Waals surface area contributed by atoms with E-state index in [-0.39, 0.29) is 5.41 Å². The molecule has 208 valence electrons. The van der Waals surface area contributed by atoms with E-state index < -0.39 is 54.1 Å². The number of amides is 2. The summed E-state index contributed by atoms with van der Waals surface area (Å²) in [4.78, 5) is 26.2. The van der Waals surface area contributed by atoms with Crippen molar-refractivity contribution in [3.63, 3.8) is 0 Å². The quantitative estimate of drug-likeness (QED) is 0.560. The first kappa shape index (κ1) is 26.2. The van der Waals surface area contributed by atoms with Gasteiger partial charge in [-0.2, -0.15) is 0 Å². The van der Waals surface area contributed by atoms with Crippen molar-refractivity contribution in [3.05, 3.63) is 35.4 Å². The monoisotopic (exact) mass is 528 g/mol. The van der Waals surface area contributed by atoms with Gasteiger partial charge < -0.3 is 23.7 Å². The molecule has 0 aromatic heterocycles. The molecule has 2 amide bonds. The van der Waals surface area contributed by atoms with Crippen LogP contribution in [0.25, 0.3) is 0 Å². The maximum Gasteiger partial charge on any atom is 0.270 e. The second kappa shape index (κ2) is 9.86. The first-order valence-corrected chi connectivity index (χ1v) is 14.2. The van der Waals surface area contributed by atoms with Gasteiger partial charge in [-0.25, -0.2) is 0 Å². The molecule has 5 aliphatic rings. The Morgan fingerprint density at radius 1 is 0.737 bits per heavy atom. The Morgan fingerprint density at radius 2 is 1.29 bits per heavy atom. The first-order chi connectivity index (χ1) is 18.2. The second-order valence-corrected chi connectivity index (χ2v) is 12.5. The third kappa shape index (κ3) is 4.88. The lowest BCUT2D eigenvalue weighted by Gasteiger charge is -2.36. The smallest absolute Gasteiger partial charge is 0.270 e. The molecule has 1 aromatic rings. The molecule has 1 aromatic carbocycles. The van der Waals surface area contributed by atoms with E-state index in [4.69, 9.17) is 23.7 Å². The van der Waals surface area contributed by atoms with Crippen LogP contribution >= 0.6 is 0 Å². The average Bonchev–Trinajstić information content (AvgIpc) is 3.44. The molecule has 0 bridgehead atoms. The Kier molecular flexibility index (Phi) is 6.79. The molecule has 0 radical (unpaired) electrons. The van der Waals surface area contributed by atoms with Gasteiger partial charge in [-0.15, -0.1) is 0 Å². The third-order valence-electron chi connectivity index (χ3n) is 8.68. The molecule has 6 rings (SSSR count). The molecule has 3 heterocycles. The van der Waals surface area contributed by atoms with Crippen LogP contribution in [-0.4, -0.2) is 54.1 Å². The van der Waals surface area contributed by atoms with Crippen molar-refractivity contribution in [2.75, 3.05) is 0 Å². The minimum atomic E-state index is -1.01. The van der Waals surface area contributed by atoms with E-state index in [1.54, 1.807) is 12.1 Å². The summed E-state index contributed by atoms with van der Waals surface area (Å²) in [5, 5.41) is 0. The minimum absolute atomic E-state index is 0.0166. The minimum Gasteiger partial charge on any atom is -0.341 e. The van der Waals surface area contributed by atoms with Crippen molar-refractivity contribution in [2.24, 2.45) is 0 Å². The highest BCUT2D eigenvalue weighted by atomic mass is 16.9. The van der Waals surface area contributed by atoms with Crippen LogP contribution in [0.3, 0.4) is 0 Å². The van der Waals surface area contributed by atoms with Crippen molar-refractivity contribution in [3.8, 4) is 0 Å². The van der Waals surface area contributed by atoms with Crippen LogP contribution in [0, 0.1) is 0 Å². The highest BCUT2D eigenvalue weighted by Gasteiger charge is 2.65. The summed E-state index contributed by atoms with van der Waals surface area (Å²) < 4.78 is 32.1. The Labute approximate surface area is 224 Å². The zero-order chi connectivity index (χ0) is 26.5. The maximum atomic E-state index is 13.4. The highest BCUT2D eigenvalue weighted by Crippen LogP contribution is 2.50. The summed E-state index contributed by atoms with van der Waals surface area (Å²) in [5.74, 6) is -2.32. The summed E-state index contributed by atoms with van der Waals surface area (Å²) in [7, 11) is 0. The summed E-state index contributed by atoms with van der Waals surface area (Å²) in [5.41, 5.74) is 6.65. The van der Waals surface area contributed by atoms with Gasteiger partial charge in [0.25, 0.3) is 11.8 Å². The molecule has 5 fully saturated rings. The van der Waals surface area contributed by atoms with Gasteiger partial charge in [0.15, 0.2) is 24.0 Å². The van der Waals surface area contributed by atoms with E-state index in [1.807, 2.05) is 12.1 Å². The molecule has 38 heavy (non-hydrogen) atoms. The number of carbonyl (C=O) groups is 2. The molecule has 9 nitrogen and oxygen atoms in total. The maximum absolute atomic E-state index is 13.4. The van der Waals surface area contributed by atoms with Crippen LogP contribution in [0.4, 0.5) is 0 Å². The Bertz CT molecular complexity index is 1040. The van der Waals surface area contributed by atoms with Crippen molar-refractivity contribution >= 4 is 11.8 Å². The van der Waals surface area contributed by atoms with E-state index in [2.05, 4.69) is 31.6 Å². The van der Waals surface area contributed by atoms with Gasteiger partial charge in [-0.05, 0) is 48.8 Å². The van der Waals surface area contributed by atoms with Crippen molar-refractivity contribution in [1.82, 2.24) is 10.9 Å². The number of benzene rings is 1. The van der Waals surface area contributed by atoms with Crippen LogP contribution in [-0.2, 0) is 33.9 Å². The number of rotatable bonds is 2. The SMILES string of the molecule is CC(C)(C)c1ccc(C(=O)NNC(=O)C2OC3OC4(CCCCC4)OC3C3OC4(CCCCC4)OC23)cc1. The topological polar surface area (TPSA) is 104 Å². The average molecular weight is 529 g/mol. The van der Waals surface area contributed by atoms with E-state index in [9.17, 15) is 9.59 Å². The van der Waals surface area contributed by atoms with Crippen molar-refractivity contribution < 1.29 is 33.3 Å². The van der Waals surface area contributed by atoms with Crippen LogP contribution < -0.4 is 10.9 Å². The molecule has 2 aliphatic carbocycles. The van der Waals surface area contributed by atoms with E-state index in [0.717, 1.165) is 69.8 Å². The number of hydrogen-bond acceptors (Lipinski definition) is 7. The molecule has 9 heteroatoms. The molecule has 3 aliphatic heterocycles. The zero-order valence-electron chi connectivity index (χ0n) is 22.6. The van der Waals surface area contributed by atoms with Gasteiger partial charge in [-0.3, -0.25) is 20.4 Å². The first-order valence-electron chi connectivity index (χ1n) is 14.2. The predicted molar refractivity (Wildman–Crippen MR) is 137 cm³/mol. The van der Waals surface area contributed by atoms with E-state index in [0.29, 0.717) is 5.56 Å². The van der Waals surface area contributed by atoms with Gasteiger partial charge in [0, 0.05) is 31.2 Å². The second-order valence-electron chi connectivity index (χ2n) is 12.5. The van der Waals surface area contributed by atoms with Gasteiger partial charge in [0.1, 0.15) is 18.3 Å². The van der Waals surface area contributed by atoms with Crippen molar-refractivity contribution in [2.45, 2.75) is 133 Å². The molecule has 2 N–H and O–H groups in total. The number of hydrogen-bond donors (Lipinski definition) is 2. The Morgan fingerprint density at radius 3 is 1.89 bits per heavy atom. The summed E-state index contributed by atoms with van der Waals surface area (Å²) in [6, 6.07) is 7.37. The van der Waals surface area contributed by atoms with Gasteiger partial charge in [-0.1, -0.05) is 45.7 Å². The fourth-order valence-corrected chi connectivity index (χ4v) is 6.55. The number of nitrogens with one attached hydrogen (secondary N) is 2. The lowest BCUT2D eigenvalue weighted by Crippen LogP contribution is -2.61. The number of fused-ring (bicyclic) bond motifs is 3. The fraction of sp³-hybridized carbons (Fsp3) is 0.724. The number of hydrazine groups is 1. The van der Waals surface area contributed by atoms with Crippen molar-refractivity contribution in [1.29, 1.82) is 0 Å². The third-order valence-corrected chi connectivity index (χ3v) is 8.68. The predicted octanol–water partition coefficient (Wildman–Crippen LogP) is 3.99. The van der Waals surface area contributed by atoms with Crippen LogP contribution in [0.5, 0.6) is 0 Å². The van der Waals surface area contributed by atoms with E-state index in [1.165, 1.54) is 0 Å². The normalized spacial score (nSPS) is 33.5. The van der Waals surface area contributed by atoms with Gasteiger partial charge in [0.05, 0.1) is 0 Å². The summed E-state index contributed by atoms with van der Waals surface area (Å²) >= 11 is 0. The van der Waals surface area contributed by atoms with Crippen LogP contribution in [0.15, 0.2) is 24.3 Å². The molecule has 5 atom stereocenters. The van der Waals surface area contributed by atoms with Gasteiger partial charge >= 0.3 is 0 Å². The lowest BCUT2D eigenvalue weighted by atomic mass is 9.87. The molecular weight excluding hydrogens is 488 g/mol. The standard InChI is InChI=1S/C29H40N2O7/c1-27(2,3)19-12-10-18(11-13-19)24(32)30-31-25(33)22-20-21(36-28(35-20)14-6-4-7-15-28)23-26(34-22)38-29(37-23)16-8-5-9-17-29/h10-13,20-23,26H,4-9,14-17H2,1-3H3,(H,30,32)(H,31,33). The summed E-state index contributed by atoms with van der Waals surface area (Å²) in [6.45, 7) is 6.35. The number of ether oxygens (including phenoxy) is 5. The molecule has 3 saturated heterocycles. The van der Waals surface area contributed by atoms with Crippen LogP contribution in [0.1, 0.15) is 101 Å². The lowest BCUT2D eigenvalue weighted by molar-refractivity contribution is -0.247. The highest BCUT2D eigenvalue weighted by molar-refractivity contribution is 5.95. The van der Waals surface area contributed by atoms with Crippen LogP contribution in [0.2, 0.25) is 0 Å². The zero-order valence-corrected chi connectivity index (χ0v) is 22.6.